The number of amides is 1. The minimum absolute atomic E-state index is 0.00202. The van der Waals surface area contributed by atoms with Crippen LogP contribution in [0.25, 0.3) is 0 Å². The van der Waals surface area contributed by atoms with E-state index in [1.54, 1.807) is 50.4 Å². The van der Waals surface area contributed by atoms with E-state index < -0.39 is 15.9 Å². The Hall–Kier alpha value is -3.96. The highest BCUT2D eigenvalue weighted by Crippen LogP contribution is 2.22. The highest BCUT2D eigenvalue weighted by Gasteiger charge is 2.17. The molecule has 2 aromatic heterocycles. The van der Waals surface area contributed by atoms with Crippen LogP contribution in [0.15, 0.2) is 65.7 Å². The maximum atomic E-state index is 12.7. The topological polar surface area (TPSA) is 128 Å². The number of aryl methyl sites for hydroxylation is 3. The van der Waals surface area contributed by atoms with Gasteiger partial charge < -0.3 is 10.1 Å². The normalized spacial score (nSPS) is 11.2. The Labute approximate surface area is 213 Å². The van der Waals surface area contributed by atoms with Crippen molar-refractivity contribution in [3.05, 3.63) is 88.5 Å². The molecule has 0 aliphatic rings. The largest absolute Gasteiger partial charge is 0.471 e. The molecule has 0 aliphatic carbocycles. The number of ether oxygens (including phenoxy) is 1. The minimum atomic E-state index is -3.90. The maximum absolute atomic E-state index is 12.7. The molecule has 36 heavy (non-hydrogen) atoms. The molecular weight excluding hydrogens is 504 g/mol. The molecule has 0 saturated carbocycles. The van der Waals surface area contributed by atoms with Gasteiger partial charge in [-0.25, -0.2) is 27.8 Å². The molecule has 10 nitrogen and oxygen atoms in total. The van der Waals surface area contributed by atoms with Crippen molar-refractivity contribution in [3.8, 4) is 5.75 Å². The van der Waals surface area contributed by atoms with Crippen LogP contribution < -0.4 is 14.8 Å². The third kappa shape index (κ3) is 6.18. The monoisotopic (exact) mass is 526 g/mol. The van der Waals surface area contributed by atoms with Crippen LogP contribution in [0.4, 0.5) is 11.6 Å². The summed E-state index contributed by atoms with van der Waals surface area (Å²) in [6.45, 7) is 5.49. The van der Waals surface area contributed by atoms with Gasteiger partial charge in [-0.2, -0.15) is 5.10 Å². The fourth-order valence-corrected chi connectivity index (χ4v) is 4.50. The van der Waals surface area contributed by atoms with Crippen LogP contribution in [0, 0.1) is 20.8 Å². The van der Waals surface area contributed by atoms with Gasteiger partial charge >= 0.3 is 0 Å². The van der Waals surface area contributed by atoms with E-state index in [2.05, 4.69) is 25.1 Å². The van der Waals surface area contributed by atoms with E-state index in [0.29, 0.717) is 27.8 Å². The van der Waals surface area contributed by atoms with Gasteiger partial charge in [-0.1, -0.05) is 11.6 Å². The summed E-state index contributed by atoms with van der Waals surface area (Å²) in [5.41, 5.74) is 2.76. The molecule has 0 saturated heterocycles. The van der Waals surface area contributed by atoms with Gasteiger partial charge in [0.1, 0.15) is 5.75 Å². The molecule has 4 rings (SSSR count). The fourth-order valence-electron chi connectivity index (χ4n) is 3.33. The first-order valence-corrected chi connectivity index (χ1v) is 12.6. The van der Waals surface area contributed by atoms with E-state index in [1.807, 2.05) is 6.92 Å². The highest BCUT2D eigenvalue weighted by molar-refractivity contribution is 7.92. The van der Waals surface area contributed by atoms with E-state index in [0.717, 1.165) is 5.56 Å². The molecule has 0 radical (unpaired) electrons. The van der Waals surface area contributed by atoms with Crippen molar-refractivity contribution in [2.75, 3.05) is 10.0 Å². The number of carbonyl (C=O) groups is 1. The van der Waals surface area contributed by atoms with Gasteiger partial charge in [0, 0.05) is 28.3 Å². The van der Waals surface area contributed by atoms with Gasteiger partial charge in [-0.05, 0) is 80.9 Å². The van der Waals surface area contributed by atoms with Gasteiger partial charge in [-0.3, -0.25) is 4.79 Å². The summed E-state index contributed by atoms with van der Waals surface area (Å²) >= 11 is 5.96. The summed E-state index contributed by atoms with van der Waals surface area (Å²) in [4.78, 5) is 20.8. The second-order valence-corrected chi connectivity index (χ2v) is 10.1. The Morgan fingerprint density at radius 2 is 1.69 bits per heavy atom. The van der Waals surface area contributed by atoms with Gasteiger partial charge in [0.15, 0.2) is 12.4 Å². The molecule has 4 aromatic rings. The zero-order valence-corrected chi connectivity index (χ0v) is 21.3. The lowest BCUT2D eigenvalue weighted by Gasteiger charge is -2.09. The number of nitrogens with one attached hydrogen (secondary N) is 2. The average molecular weight is 527 g/mol. The Morgan fingerprint density at radius 1 is 1.00 bits per heavy atom. The van der Waals surface area contributed by atoms with Gasteiger partial charge in [0.2, 0.25) is 5.95 Å². The molecule has 0 unspecified atom stereocenters. The lowest BCUT2D eigenvalue weighted by atomic mass is 10.2. The van der Waals surface area contributed by atoms with Gasteiger partial charge in [0.25, 0.3) is 15.9 Å². The molecule has 2 N–H and O–H groups in total. The molecule has 186 valence electrons. The number of aromatic nitrogens is 4. The summed E-state index contributed by atoms with van der Waals surface area (Å²) in [5.74, 6) is 0.207. The molecule has 0 aliphatic heterocycles. The second kappa shape index (κ2) is 10.3. The standard InChI is InChI=1S/C24H23ClN6O4S/c1-15-12-18(25)4-9-22(15)35-14-31-11-10-21(29-31)23(32)28-19-5-7-20(8-6-19)36(33,34)30-24-26-16(2)13-17(3)27-24/h4-13H,14H2,1-3H3,(H,28,32)(H,26,27,30). The molecule has 0 bridgehead atoms. The van der Waals surface area contributed by atoms with Crippen LogP contribution in [-0.2, 0) is 16.8 Å². The quantitative estimate of drug-likeness (QED) is 0.349. The predicted molar refractivity (Wildman–Crippen MR) is 136 cm³/mol. The number of halogens is 1. The molecule has 1 amide bonds. The van der Waals surface area contributed by atoms with Crippen molar-refractivity contribution in [1.29, 1.82) is 0 Å². The number of benzene rings is 2. The Bertz CT molecular complexity index is 1500. The van der Waals surface area contributed by atoms with E-state index in [-0.39, 0.29) is 23.3 Å². The second-order valence-electron chi connectivity index (χ2n) is 7.98. The van der Waals surface area contributed by atoms with E-state index in [9.17, 15) is 13.2 Å². The Morgan fingerprint density at radius 3 is 2.36 bits per heavy atom. The third-order valence-corrected chi connectivity index (χ3v) is 6.57. The number of rotatable bonds is 8. The van der Waals surface area contributed by atoms with Crippen molar-refractivity contribution in [1.82, 2.24) is 19.7 Å². The van der Waals surface area contributed by atoms with Crippen molar-refractivity contribution in [2.45, 2.75) is 32.4 Å². The molecular formula is C24H23ClN6O4S. The number of hydrogen-bond acceptors (Lipinski definition) is 7. The van der Waals surface area contributed by atoms with Crippen molar-refractivity contribution < 1.29 is 17.9 Å². The minimum Gasteiger partial charge on any atom is -0.471 e. The molecule has 0 spiro atoms. The van der Waals surface area contributed by atoms with Gasteiger partial charge in [0.05, 0.1) is 4.90 Å². The van der Waals surface area contributed by atoms with Crippen LogP contribution in [0.3, 0.4) is 0 Å². The van der Waals surface area contributed by atoms with Crippen LogP contribution in [0.1, 0.15) is 27.4 Å². The van der Waals surface area contributed by atoms with Crippen molar-refractivity contribution in [3.63, 3.8) is 0 Å². The van der Waals surface area contributed by atoms with Crippen LogP contribution in [-0.4, -0.2) is 34.1 Å². The average Bonchev–Trinajstić information content (AvgIpc) is 3.27. The smallest absolute Gasteiger partial charge is 0.276 e. The third-order valence-electron chi connectivity index (χ3n) is 4.99. The maximum Gasteiger partial charge on any atom is 0.276 e. The molecule has 0 fully saturated rings. The van der Waals surface area contributed by atoms with Crippen LogP contribution >= 0.6 is 11.6 Å². The van der Waals surface area contributed by atoms with E-state index in [4.69, 9.17) is 16.3 Å². The van der Waals surface area contributed by atoms with Gasteiger partial charge in [-0.15, -0.1) is 0 Å². The first-order valence-electron chi connectivity index (χ1n) is 10.8. The molecule has 2 aromatic carbocycles. The number of anilines is 2. The van der Waals surface area contributed by atoms with Crippen LogP contribution in [0.5, 0.6) is 5.75 Å². The summed E-state index contributed by atoms with van der Waals surface area (Å²) in [7, 11) is -3.90. The Balaban J connectivity index is 1.37. The highest BCUT2D eigenvalue weighted by atomic mass is 35.5. The lowest BCUT2D eigenvalue weighted by Crippen LogP contribution is -2.16. The van der Waals surface area contributed by atoms with Crippen LogP contribution in [0.2, 0.25) is 5.02 Å². The summed E-state index contributed by atoms with van der Waals surface area (Å²) in [6, 6.07) is 14.3. The predicted octanol–water partition coefficient (Wildman–Crippen LogP) is 4.34. The summed E-state index contributed by atoms with van der Waals surface area (Å²) in [6.07, 6.45) is 1.62. The molecule has 2 heterocycles. The van der Waals surface area contributed by atoms with Crippen molar-refractivity contribution >= 4 is 39.2 Å². The van der Waals surface area contributed by atoms with E-state index in [1.165, 1.54) is 28.9 Å². The fraction of sp³-hybridized carbons (Fsp3) is 0.167. The number of hydrogen-bond donors (Lipinski definition) is 2. The number of sulfonamides is 1. The number of carbonyl (C=O) groups excluding carboxylic acids is 1. The first kappa shape index (κ1) is 25.1. The zero-order valence-electron chi connectivity index (χ0n) is 19.7. The lowest BCUT2D eigenvalue weighted by molar-refractivity contribution is 0.102. The summed E-state index contributed by atoms with van der Waals surface area (Å²) < 4.78 is 34.9. The van der Waals surface area contributed by atoms with Crippen molar-refractivity contribution in [2.24, 2.45) is 0 Å². The Kier molecular flexibility index (Phi) is 7.22. The molecule has 0 atom stereocenters. The van der Waals surface area contributed by atoms with E-state index >= 15 is 0 Å². The first-order chi connectivity index (χ1) is 17.1. The number of nitrogens with zero attached hydrogens (tertiary/aromatic N) is 4. The zero-order chi connectivity index (χ0) is 25.9. The molecule has 12 heteroatoms. The SMILES string of the molecule is Cc1cc(C)nc(NS(=O)(=O)c2ccc(NC(=O)c3ccn(COc4ccc(Cl)cc4C)n3)cc2)n1. The summed E-state index contributed by atoms with van der Waals surface area (Å²) in [5, 5.41) is 7.53.